The fourth-order valence-electron chi connectivity index (χ4n) is 1.95. The fourth-order valence-corrected chi connectivity index (χ4v) is 1.95. The summed E-state index contributed by atoms with van der Waals surface area (Å²) < 4.78 is 0. The summed E-state index contributed by atoms with van der Waals surface area (Å²) in [5, 5.41) is 0. The molecule has 0 amide bonds. The van der Waals surface area contributed by atoms with Gasteiger partial charge in [0, 0.05) is 16.2 Å². The van der Waals surface area contributed by atoms with Gasteiger partial charge >= 0.3 is 20.1 Å². The summed E-state index contributed by atoms with van der Waals surface area (Å²) in [6.45, 7) is 37.8. The van der Waals surface area contributed by atoms with Crippen LogP contribution in [0.2, 0.25) is 0 Å². The summed E-state index contributed by atoms with van der Waals surface area (Å²) >= 11 is 0. The van der Waals surface area contributed by atoms with E-state index >= 15 is 0 Å². The van der Waals surface area contributed by atoms with Crippen molar-refractivity contribution in [3.05, 3.63) is 20.8 Å². The summed E-state index contributed by atoms with van der Waals surface area (Å²) in [5.41, 5.74) is -3.24. The first kappa shape index (κ1) is 45.7. The van der Waals surface area contributed by atoms with Crippen molar-refractivity contribution in [1.82, 2.24) is 0 Å². The Morgan fingerprint density at radius 3 is 0.550 bits per heavy atom. The summed E-state index contributed by atoms with van der Waals surface area (Å²) in [5.74, 6) is -0.329. The maximum absolute atomic E-state index is 11.5. The molecular weight excluding hydrogens is 685 g/mol. The van der Waals surface area contributed by atoms with E-state index in [1.807, 2.05) is 62.3 Å². The van der Waals surface area contributed by atoms with Crippen molar-refractivity contribution in [3.8, 4) is 0 Å². The van der Waals surface area contributed by atoms with Crippen LogP contribution in [0.4, 0.5) is 0 Å². The Morgan fingerprint density at radius 1 is 0.350 bits per heavy atom. The fraction of sp³-hybridized carbons (Fsp3) is 0.727. The maximum Gasteiger partial charge on any atom is 3.00 e. The van der Waals surface area contributed by atoms with Crippen molar-refractivity contribution in [2.24, 2.45) is 32.5 Å². The molecule has 0 aliphatic rings. The third kappa shape index (κ3) is 21.4. The van der Waals surface area contributed by atoms with Crippen LogP contribution in [0.3, 0.4) is 0 Å². The minimum absolute atomic E-state index is 0. The zero-order chi connectivity index (χ0) is 32.6. The summed E-state index contributed by atoms with van der Waals surface area (Å²) in [6.07, 6.45) is -0.000000000000000666. The second-order valence-corrected chi connectivity index (χ2v) is 15.5. The maximum atomic E-state index is 11.5. The van der Waals surface area contributed by atoms with Gasteiger partial charge in [0.15, 0.2) is 0 Å². The largest absolute Gasteiger partial charge is 3.00 e. The van der Waals surface area contributed by atoms with Crippen molar-refractivity contribution in [2.45, 2.75) is 123 Å². The Labute approximate surface area is 259 Å². The summed E-state index contributed by atoms with van der Waals surface area (Å²) in [6, 6.07) is 0. The normalized spacial score (nSPS) is 12.4. The molecule has 6 nitrogen and oxygen atoms in total. The molecule has 0 saturated carbocycles. The SMILES string of the molecule is [CH2-]C(C)(C)C(=O)CC(=O)C(C)(C)C.[CH2-]C(C)(C)C(=O)CC(=O)C(C)(C)C.[CH2-]C(C)(C)C(=O)CC(=O)C(C)(C)C.[Ir+3]. The van der Waals surface area contributed by atoms with E-state index in [2.05, 4.69) is 20.8 Å². The van der Waals surface area contributed by atoms with Gasteiger partial charge in [0.1, 0.15) is 34.7 Å². The number of ketones is 6. The first-order valence-corrected chi connectivity index (χ1v) is 13.4. The van der Waals surface area contributed by atoms with Crippen LogP contribution in [0, 0.1) is 53.3 Å². The van der Waals surface area contributed by atoms with Crippen LogP contribution in [0.15, 0.2) is 0 Å². The summed E-state index contributed by atoms with van der Waals surface area (Å²) in [7, 11) is 0. The van der Waals surface area contributed by atoms with Crippen molar-refractivity contribution < 1.29 is 48.9 Å². The first-order chi connectivity index (χ1) is 16.6. The number of carbonyl (C=O) groups excluding carboxylic acids is 6. The van der Waals surface area contributed by atoms with Crippen molar-refractivity contribution in [2.75, 3.05) is 0 Å². The van der Waals surface area contributed by atoms with Crippen LogP contribution in [-0.2, 0) is 48.9 Å². The molecule has 0 rings (SSSR count). The Morgan fingerprint density at radius 2 is 0.475 bits per heavy atom. The van der Waals surface area contributed by atoms with Crippen LogP contribution in [-0.4, -0.2) is 34.7 Å². The van der Waals surface area contributed by atoms with Gasteiger partial charge < -0.3 is 35.2 Å². The molecule has 0 heterocycles. The number of carbonyl (C=O) groups is 6. The Kier molecular flexibility index (Phi) is 18.7. The summed E-state index contributed by atoms with van der Waals surface area (Å²) in [4.78, 5) is 68.7. The molecule has 0 saturated heterocycles. The van der Waals surface area contributed by atoms with Crippen LogP contribution in [0.25, 0.3) is 0 Å². The molecule has 234 valence electrons. The molecular formula is C33H57IrO6. The molecule has 0 aromatic heterocycles. The van der Waals surface area contributed by atoms with Gasteiger partial charge in [-0.3, -0.25) is 14.4 Å². The second-order valence-electron chi connectivity index (χ2n) is 15.5. The average molecular weight is 742 g/mol. The van der Waals surface area contributed by atoms with Crippen molar-refractivity contribution in [1.29, 1.82) is 0 Å². The van der Waals surface area contributed by atoms with Gasteiger partial charge in [0.25, 0.3) is 0 Å². The Bertz CT molecular complexity index is 693. The van der Waals surface area contributed by atoms with Crippen LogP contribution in [0.1, 0.15) is 123 Å². The molecule has 0 aromatic rings. The van der Waals surface area contributed by atoms with E-state index in [4.69, 9.17) is 0 Å². The quantitative estimate of drug-likeness (QED) is 0.182. The predicted octanol–water partition coefficient (Wildman–Crippen LogP) is 7.26. The molecule has 0 bridgehead atoms. The number of Topliss-reactive ketones (excluding diaryl/α,β-unsaturated/α-hetero) is 6. The predicted molar refractivity (Wildman–Crippen MR) is 160 cm³/mol. The molecule has 0 atom stereocenters. The number of hydrogen-bond donors (Lipinski definition) is 0. The standard InChI is InChI=1S/3C11H19O2.Ir/c3*1-10(2,3)8(12)7-9(13)11(4,5)6;/h3*1,7H2,2-6H3;/q3*-1;+3. The minimum atomic E-state index is -0.652. The zero-order valence-corrected chi connectivity index (χ0v) is 30.4. The minimum Gasteiger partial charge on any atom is -0.331 e. The average Bonchev–Trinajstić information content (AvgIpc) is 2.64. The topological polar surface area (TPSA) is 102 Å². The van der Waals surface area contributed by atoms with E-state index in [-0.39, 0.29) is 74.1 Å². The third-order valence-corrected chi connectivity index (χ3v) is 5.74. The van der Waals surface area contributed by atoms with E-state index in [1.54, 1.807) is 41.5 Å². The molecule has 0 radical (unpaired) electrons. The smallest absolute Gasteiger partial charge is 0.331 e. The van der Waals surface area contributed by atoms with E-state index in [0.717, 1.165) is 0 Å². The second kappa shape index (κ2) is 16.3. The molecule has 0 aliphatic carbocycles. The van der Waals surface area contributed by atoms with Gasteiger partial charge in [-0.1, -0.05) is 104 Å². The van der Waals surface area contributed by atoms with Gasteiger partial charge in [-0.2, -0.15) is 0 Å². The molecule has 0 aliphatic heterocycles. The van der Waals surface area contributed by atoms with Gasteiger partial charge in [0.05, 0.1) is 19.3 Å². The number of hydrogen-bond acceptors (Lipinski definition) is 6. The van der Waals surface area contributed by atoms with Gasteiger partial charge in [0.2, 0.25) is 0 Å². The monoisotopic (exact) mass is 742 g/mol. The molecule has 0 unspecified atom stereocenters. The molecule has 0 fully saturated rings. The first-order valence-electron chi connectivity index (χ1n) is 13.4. The number of rotatable bonds is 9. The molecule has 40 heavy (non-hydrogen) atoms. The van der Waals surface area contributed by atoms with Gasteiger partial charge in [-0.15, -0.1) is 16.2 Å². The Balaban J connectivity index is -0.000000240. The molecule has 7 heteroatoms. The van der Waals surface area contributed by atoms with Crippen LogP contribution < -0.4 is 0 Å². The van der Waals surface area contributed by atoms with E-state index in [9.17, 15) is 28.8 Å². The van der Waals surface area contributed by atoms with Crippen LogP contribution in [0.5, 0.6) is 0 Å². The zero-order valence-electron chi connectivity index (χ0n) is 28.0. The van der Waals surface area contributed by atoms with E-state index in [1.165, 1.54) is 0 Å². The van der Waals surface area contributed by atoms with Gasteiger partial charge in [-0.05, 0) is 0 Å². The van der Waals surface area contributed by atoms with E-state index in [0.29, 0.717) is 0 Å². The molecule has 0 N–H and O–H groups in total. The van der Waals surface area contributed by atoms with E-state index < -0.39 is 32.5 Å². The molecule has 0 aromatic carbocycles. The van der Waals surface area contributed by atoms with Crippen molar-refractivity contribution in [3.63, 3.8) is 0 Å². The van der Waals surface area contributed by atoms with Crippen molar-refractivity contribution >= 4 is 34.7 Å². The van der Waals surface area contributed by atoms with Gasteiger partial charge in [-0.25, -0.2) is 0 Å². The Hall–Kier alpha value is -1.33. The third-order valence-electron chi connectivity index (χ3n) is 5.74. The molecule has 0 spiro atoms. The van der Waals surface area contributed by atoms with Crippen LogP contribution >= 0.6 is 0 Å².